The van der Waals surface area contributed by atoms with E-state index in [1.807, 2.05) is 0 Å². The van der Waals surface area contributed by atoms with Crippen molar-refractivity contribution in [3.05, 3.63) is 35.6 Å². The van der Waals surface area contributed by atoms with Gasteiger partial charge in [-0.1, -0.05) is 50.8 Å². The van der Waals surface area contributed by atoms with Crippen molar-refractivity contribution in [3.8, 4) is 0 Å². The first-order valence-corrected chi connectivity index (χ1v) is 7.86. The Balaban J connectivity index is 2.33. The molecule has 1 fully saturated rings. The Morgan fingerprint density at radius 1 is 1.29 bits per heavy atom. The molecule has 1 saturated carbocycles. The van der Waals surface area contributed by atoms with Gasteiger partial charge in [-0.25, -0.2) is 9.18 Å². The maximum Gasteiger partial charge on any atom is 0.328 e. The van der Waals surface area contributed by atoms with Gasteiger partial charge >= 0.3 is 5.97 Å². The van der Waals surface area contributed by atoms with Gasteiger partial charge in [0.15, 0.2) is 0 Å². The molecule has 0 amide bonds. The lowest BCUT2D eigenvalue weighted by Crippen LogP contribution is -2.53. The summed E-state index contributed by atoms with van der Waals surface area (Å²) in [6, 6.07) is 6.34. The maximum atomic E-state index is 14.2. The standard InChI is InChI=1S/C17H24FNO2/c1-2-17(16(20)21,14-11-7-8-12-15(14)18)19-13-9-5-3-4-6-10-13/h7-8,11-13,19H,2-6,9-10H2,1H3,(H,20,21). The van der Waals surface area contributed by atoms with Crippen molar-refractivity contribution in [2.75, 3.05) is 0 Å². The van der Waals surface area contributed by atoms with Crippen LogP contribution in [0.5, 0.6) is 0 Å². The Labute approximate surface area is 125 Å². The molecule has 21 heavy (non-hydrogen) atoms. The number of nitrogens with one attached hydrogen (secondary N) is 1. The maximum absolute atomic E-state index is 14.2. The second-order valence-electron chi connectivity index (χ2n) is 5.88. The van der Waals surface area contributed by atoms with E-state index in [-0.39, 0.29) is 11.6 Å². The van der Waals surface area contributed by atoms with E-state index in [1.54, 1.807) is 25.1 Å². The number of carbonyl (C=O) groups is 1. The van der Waals surface area contributed by atoms with Crippen LogP contribution in [0.2, 0.25) is 0 Å². The Morgan fingerprint density at radius 3 is 2.43 bits per heavy atom. The van der Waals surface area contributed by atoms with Crippen LogP contribution in [0.3, 0.4) is 0 Å². The molecule has 4 heteroatoms. The quantitative estimate of drug-likeness (QED) is 0.811. The molecule has 2 N–H and O–H groups in total. The largest absolute Gasteiger partial charge is 0.480 e. The summed E-state index contributed by atoms with van der Waals surface area (Å²) >= 11 is 0. The van der Waals surface area contributed by atoms with Gasteiger partial charge in [-0.2, -0.15) is 0 Å². The number of rotatable bonds is 5. The van der Waals surface area contributed by atoms with Gasteiger partial charge in [0, 0.05) is 11.6 Å². The van der Waals surface area contributed by atoms with Gasteiger partial charge in [0.2, 0.25) is 0 Å². The number of halogens is 1. The van der Waals surface area contributed by atoms with Crippen LogP contribution in [-0.2, 0) is 10.3 Å². The first-order valence-electron chi connectivity index (χ1n) is 7.86. The second kappa shape index (κ2) is 7.03. The van der Waals surface area contributed by atoms with Crippen molar-refractivity contribution in [2.45, 2.75) is 63.5 Å². The van der Waals surface area contributed by atoms with Gasteiger partial charge in [0.1, 0.15) is 11.4 Å². The van der Waals surface area contributed by atoms with Gasteiger partial charge in [0.25, 0.3) is 0 Å². The van der Waals surface area contributed by atoms with Crippen LogP contribution < -0.4 is 5.32 Å². The van der Waals surface area contributed by atoms with Crippen LogP contribution in [0.4, 0.5) is 4.39 Å². The fourth-order valence-corrected chi connectivity index (χ4v) is 3.28. The lowest BCUT2D eigenvalue weighted by Gasteiger charge is -2.34. The highest BCUT2D eigenvalue weighted by Crippen LogP contribution is 2.30. The summed E-state index contributed by atoms with van der Waals surface area (Å²) in [5.74, 6) is -1.46. The molecule has 1 aliphatic rings. The summed E-state index contributed by atoms with van der Waals surface area (Å²) in [7, 11) is 0. The Hall–Kier alpha value is -1.42. The lowest BCUT2D eigenvalue weighted by molar-refractivity contribution is -0.146. The van der Waals surface area contributed by atoms with E-state index >= 15 is 0 Å². The summed E-state index contributed by atoms with van der Waals surface area (Å²) in [4.78, 5) is 11.9. The molecule has 0 heterocycles. The third-order valence-corrected chi connectivity index (χ3v) is 4.53. The molecule has 1 unspecified atom stereocenters. The molecule has 116 valence electrons. The van der Waals surface area contributed by atoms with E-state index in [1.165, 1.54) is 18.9 Å². The zero-order valence-electron chi connectivity index (χ0n) is 12.6. The SMILES string of the molecule is CCC(NC1CCCCCC1)(C(=O)O)c1ccccc1F. The average molecular weight is 293 g/mol. The predicted octanol–water partition coefficient (Wildman–Crippen LogP) is 3.83. The topological polar surface area (TPSA) is 49.3 Å². The monoisotopic (exact) mass is 293 g/mol. The molecule has 0 aliphatic heterocycles. The summed E-state index contributed by atoms with van der Waals surface area (Å²) in [6.07, 6.45) is 6.85. The first-order chi connectivity index (χ1) is 10.1. The third kappa shape index (κ3) is 3.43. The molecule has 0 spiro atoms. The minimum absolute atomic E-state index is 0.142. The van der Waals surface area contributed by atoms with Crippen LogP contribution >= 0.6 is 0 Å². The van der Waals surface area contributed by atoms with Crippen LogP contribution in [0.25, 0.3) is 0 Å². The molecular formula is C17H24FNO2. The molecule has 0 saturated heterocycles. The van der Waals surface area contributed by atoms with Crippen molar-refractivity contribution in [2.24, 2.45) is 0 Å². The van der Waals surface area contributed by atoms with Gasteiger partial charge in [-0.15, -0.1) is 0 Å². The molecular weight excluding hydrogens is 269 g/mol. The van der Waals surface area contributed by atoms with Gasteiger partial charge < -0.3 is 5.11 Å². The molecule has 0 radical (unpaired) electrons. The molecule has 2 rings (SSSR count). The van der Waals surface area contributed by atoms with Crippen molar-refractivity contribution >= 4 is 5.97 Å². The van der Waals surface area contributed by atoms with E-state index in [0.29, 0.717) is 6.42 Å². The molecule has 1 aliphatic carbocycles. The highest BCUT2D eigenvalue weighted by atomic mass is 19.1. The molecule has 0 bridgehead atoms. The van der Waals surface area contributed by atoms with E-state index < -0.39 is 17.3 Å². The van der Waals surface area contributed by atoms with Crippen LogP contribution in [0.15, 0.2) is 24.3 Å². The normalized spacial score (nSPS) is 19.7. The van der Waals surface area contributed by atoms with Gasteiger partial charge in [0.05, 0.1) is 0 Å². The summed E-state index contributed by atoms with van der Waals surface area (Å²) in [5.41, 5.74) is -1.09. The van der Waals surface area contributed by atoms with Crippen LogP contribution in [-0.4, -0.2) is 17.1 Å². The van der Waals surface area contributed by atoms with E-state index in [2.05, 4.69) is 5.32 Å². The van der Waals surface area contributed by atoms with Crippen LogP contribution in [0, 0.1) is 5.82 Å². The van der Waals surface area contributed by atoms with Gasteiger partial charge in [-0.05, 0) is 25.3 Å². The Kier molecular flexibility index (Phi) is 5.34. The van der Waals surface area contributed by atoms with Crippen molar-refractivity contribution < 1.29 is 14.3 Å². The Bertz CT molecular complexity index is 483. The lowest BCUT2D eigenvalue weighted by atomic mass is 9.85. The number of benzene rings is 1. The minimum Gasteiger partial charge on any atom is -0.480 e. The summed E-state index contributed by atoms with van der Waals surface area (Å²) in [5, 5.41) is 13.0. The minimum atomic E-state index is -1.33. The Morgan fingerprint density at radius 2 is 1.90 bits per heavy atom. The number of hydrogen-bond acceptors (Lipinski definition) is 2. The third-order valence-electron chi connectivity index (χ3n) is 4.53. The van der Waals surface area contributed by atoms with Gasteiger partial charge in [-0.3, -0.25) is 5.32 Å². The number of carboxylic acids is 1. The molecule has 0 aromatic heterocycles. The van der Waals surface area contributed by atoms with E-state index in [9.17, 15) is 14.3 Å². The zero-order chi connectivity index (χ0) is 15.3. The molecule has 1 aromatic carbocycles. The van der Waals surface area contributed by atoms with E-state index in [0.717, 1.165) is 25.7 Å². The number of hydrogen-bond donors (Lipinski definition) is 2. The summed E-state index contributed by atoms with van der Waals surface area (Å²) < 4.78 is 14.2. The van der Waals surface area contributed by atoms with Crippen molar-refractivity contribution in [1.29, 1.82) is 0 Å². The molecule has 3 nitrogen and oxygen atoms in total. The molecule has 1 atom stereocenters. The zero-order valence-corrected chi connectivity index (χ0v) is 12.6. The predicted molar refractivity (Wildman–Crippen MR) is 80.6 cm³/mol. The van der Waals surface area contributed by atoms with Crippen molar-refractivity contribution in [1.82, 2.24) is 5.32 Å². The fraction of sp³-hybridized carbons (Fsp3) is 0.588. The highest BCUT2D eigenvalue weighted by Gasteiger charge is 2.42. The average Bonchev–Trinajstić information content (AvgIpc) is 2.74. The number of aliphatic carboxylic acids is 1. The number of carboxylic acid groups (broad SMARTS) is 1. The summed E-state index contributed by atoms with van der Waals surface area (Å²) in [6.45, 7) is 1.80. The second-order valence-corrected chi connectivity index (χ2v) is 5.88. The highest BCUT2D eigenvalue weighted by molar-refractivity contribution is 5.81. The fourth-order valence-electron chi connectivity index (χ4n) is 3.28. The van der Waals surface area contributed by atoms with Crippen molar-refractivity contribution in [3.63, 3.8) is 0 Å². The molecule has 1 aromatic rings. The first kappa shape index (κ1) is 16.0. The van der Waals surface area contributed by atoms with E-state index in [4.69, 9.17) is 0 Å². The smallest absolute Gasteiger partial charge is 0.328 e. The van der Waals surface area contributed by atoms with Crippen LogP contribution in [0.1, 0.15) is 57.4 Å².